The van der Waals surface area contributed by atoms with Crippen LogP contribution >= 0.6 is 0 Å². The van der Waals surface area contributed by atoms with E-state index in [4.69, 9.17) is 15.7 Å². The molecule has 4 N–H and O–H groups in total. The molecule has 0 aliphatic rings. The van der Waals surface area contributed by atoms with Gasteiger partial charge >= 0.3 is 0 Å². The number of aliphatic hydroxyl groups excluding tert-OH is 1. The summed E-state index contributed by atoms with van der Waals surface area (Å²) in [5.41, 5.74) is 5.98. The zero-order valence-corrected chi connectivity index (χ0v) is 10.3. The average Bonchev–Trinajstić information content (AvgIpc) is 2.38. The number of aromatic nitrogens is 2. The predicted octanol–water partition coefficient (Wildman–Crippen LogP) is -0.985. The van der Waals surface area contributed by atoms with E-state index in [1.165, 1.54) is 13.3 Å². The Bertz CT molecular complexity index is 412. The molecule has 1 heterocycles. The normalized spacial score (nSPS) is 13.4. The molecule has 18 heavy (non-hydrogen) atoms. The first kappa shape index (κ1) is 14.1. The highest BCUT2D eigenvalue weighted by Crippen LogP contribution is 2.14. The molecule has 0 radical (unpaired) electrons. The summed E-state index contributed by atoms with van der Waals surface area (Å²) in [5, 5.41) is 28.9. The fraction of sp³-hybridized carbons (Fsp3) is 0.500. The van der Waals surface area contributed by atoms with E-state index in [0.717, 1.165) is 0 Å². The Labute approximate surface area is 105 Å². The van der Waals surface area contributed by atoms with Gasteiger partial charge in [-0.2, -0.15) is 5.10 Å². The molecule has 0 bridgehead atoms. The summed E-state index contributed by atoms with van der Waals surface area (Å²) in [6, 6.07) is 1.58. The van der Waals surface area contributed by atoms with Crippen LogP contribution in [-0.2, 0) is 4.74 Å². The van der Waals surface area contributed by atoms with Crippen LogP contribution < -0.4 is 10.6 Å². The van der Waals surface area contributed by atoms with E-state index in [2.05, 4.69) is 15.4 Å². The number of nitrogens with two attached hydrogens (primary N) is 1. The summed E-state index contributed by atoms with van der Waals surface area (Å²) in [5.74, 6) is 0.357. The Morgan fingerprint density at radius 3 is 3.00 bits per heavy atom. The number of nitrogens with zero attached hydrogens (tertiary/aromatic N) is 4. The first-order chi connectivity index (χ1) is 8.60. The fourth-order valence-electron chi connectivity index (χ4n) is 1.51. The van der Waals surface area contributed by atoms with Gasteiger partial charge in [0.2, 0.25) is 0 Å². The highest BCUT2D eigenvalue weighted by atomic mass is 16.5. The lowest BCUT2D eigenvalue weighted by atomic mass is 10.2. The minimum absolute atomic E-state index is 0.0621. The van der Waals surface area contributed by atoms with E-state index in [-0.39, 0.29) is 19.0 Å². The molecule has 0 amide bonds. The quantitative estimate of drug-likeness (QED) is 0.259. The molecule has 0 saturated heterocycles. The van der Waals surface area contributed by atoms with Crippen molar-refractivity contribution in [3.63, 3.8) is 0 Å². The van der Waals surface area contributed by atoms with E-state index in [1.807, 2.05) is 0 Å². The van der Waals surface area contributed by atoms with Crippen molar-refractivity contribution in [1.82, 2.24) is 10.2 Å². The number of oxime groups is 1. The van der Waals surface area contributed by atoms with Crippen LogP contribution in [0.4, 0.5) is 5.82 Å². The molecule has 100 valence electrons. The summed E-state index contributed by atoms with van der Waals surface area (Å²) in [6.07, 6.45) is 0.776. The summed E-state index contributed by atoms with van der Waals surface area (Å²) in [7, 11) is 3.23. The molecule has 0 aliphatic heterocycles. The van der Waals surface area contributed by atoms with Crippen LogP contribution in [0.1, 0.15) is 5.56 Å². The molecule has 0 spiro atoms. The van der Waals surface area contributed by atoms with Gasteiger partial charge in [0.15, 0.2) is 11.7 Å². The van der Waals surface area contributed by atoms with Crippen molar-refractivity contribution in [3.8, 4) is 0 Å². The van der Waals surface area contributed by atoms with Gasteiger partial charge in [-0.15, -0.1) is 5.10 Å². The van der Waals surface area contributed by atoms with Crippen molar-refractivity contribution in [1.29, 1.82) is 0 Å². The largest absolute Gasteiger partial charge is 0.409 e. The van der Waals surface area contributed by atoms with Crippen molar-refractivity contribution < 1.29 is 15.1 Å². The molecule has 0 fully saturated rings. The summed E-state index contributed by atoms with van der Waals surface area (Å²) in [4.78, 5) is 1.66. The number of amidine groups is 1. The number of likely N-dealkylation sites (N-methyl/N-ethyl adjacent to an activating group) is 1. The summed E-state index contributed by atoms with van der Waals surface area (Å²) in [6.45, 7) is 0.502. The number of rotatable bonds is 6. The van der Waals surface area contributed by atoms with Crippen LogP contribution in [0, 0.1) is 0 Å². The average molecular weight is 255 g/mol. The second-order valence-corrected chi connectivity index (χ2v) is 3.74. The third kappa shape index (κ3) is 3.54. The Hall–Kier alpha value is -1.93. The Morgan fingerprint density at radius 2 is 2.39 bits per heavy atom. The second-order valence-electron chi connectivity index (χ2n) is 3.74. The Kier molecular flexibility index (Phi) is 5.28. The van der Waals surface area contributed by atoms with E-state index in [1.54, 1.807) is 18.0 Å². The number of aliphatic hydroxyl groups is 1. The van der Waals surface area contributed by atoms with Crippen molar-refractivity contribution in [2.75, 3.05) is 32.2 Å². The van der Waals surface area contributed by atoms with Gasteiger partial charge in [0.05, 0.1) is 24.5 Å². The molecule has 1 unspecified atom stereocenters. The fourth-order valence-corrected chi connectivity index (χ4v) is 1.51. The first-order valence-corrected chi connectivity index (χ1v) is 5.27. The van der Waals surface area contributed by atoms with E-state index in [9.17, 15) is 5.11 Å². The van der Waals surface area contributed by atoms with Gasteiger partial charge in [0.25, 0.3) is 0 Å². The van der Waals surface area contributed by atoms with Crippen molar-refractivity contribution in [2.24, 2.45) is 10.9 Å². The minimum atomic E-state index is -0.665. The van der Waals surface area contributed by atoms with Gasteiger partial charge < -0.3 is 25.7 Å². The lowest BCUT2D eigenvalue weighted by Gasteiger charge is -2.22. The highest BCUT2D eigenvalue weighted by Gasteiger charge is 2.15. The minimum Gasteiger partial charge on any atom is -0.409 e. The highest BCUT2D eigenvalue weighted by molar-refractivity contribution is 6.01. The van der Waals surface area contributed by atoms with Crippen molar-refractivity contribution in [2.45, 2.75) is 6.10 Å². The van der Waals surface area contributed by atoms with Gasteiger partial charge in [0.1, 0.15) is 0 Å². The molecule has 1 aromatic heterocycles. The maximum Gasteiger partial charge on any atom is 0.173 e. The number of hydrogen-bond donors (Lipinski definition) is 3. The zero-order valence-electron chi connectivity index (χ0n) is 10.3. The molecule has 0 aliphatic carbocycles. The number of ether oxygens (including phenoxy) is 1. The maximum atomic E-state index is 9.64. The SMILES string of the molecule is COCC(O)CN(C)c1nnccc1/C(N)=N/O. The molecular formula is C10H17N5O3. The Morgan fingerprint density at radius 1 is 1.67 bits per heavy atom. The zero-order chi connectivity index (χ0) is 13.5. The van der Waals surface area contributed by atoms with E-state index < -0.39 is 6.10 Å². The molecule has 1 rings (SSSR count). The standard InChI is InChI=1S/C10H17N5O3/c1-15(5-7(16)6-18-2)10-8(9(11)14-17)3-4-12-13-10/h3-4,7,16-17H,5-6H2,1-2H3,(H2,11,14). The third-order valence-corrected chi connectivity index (χ3v) is 2.29. The molecule has 8 heteroatoms. The summed E-state index contributed by atoms with van der Waals surface area (Å²) < 4.78 is 4.84. The smallest absolute Gasteiger partial charge is 0.173 e. The van der Waals surface area contributed by atoms with Crippen LogP contribution in [-0.4, -0.2) is 59.8 Å². The lowest BCUT2D eigenvalue weighted by molar-refractivity contribution is 0.0694. The third-order valence-electron chi connectivity index (χ3n) is 2.29. The molecule has 1 aromatic rings. The predicted molar refractivity (Wildman–Crippen MR) is 65.7 cm³/mol. The van der Waals surface area contributed by atoms with Crippen LogP contribution in [0.2, 0.25) is 0 Å². The number of methoxy groups -OCH3 is 1. The van der Waals surface area contributed by atoms with Gasteiger partial charge in [-0.05, 0) is 6.07 Å². The van der Waals surface area contributed by atoms with Crippen LogP contribution in [0.5, 0.6) is 0 Å². The molecule has 0 saturated carbocycles. The maximum absolute atomic E-state index is 9.64. The molecule has 0 aromatic carbocycles. The van der Waals surface area contributed by atoms with Gasteiger partial charge in [-0.1, -0.05) is 5.16 Å². The number of anilines is 1. The Balaban J connectivity index is 2.88. The summed E-state index contributed by atoms with van der Waals surface area (Å²) >= 11 is 0. The van der Waals surface area contributed by atoms with Crippen molar-refractivity contribution in [3.05, 3.63) is 17.8 Å². The van der Waals surface area contributed by atoms with Gasteiger partial charge in [0, 0.05) is 20.7 Å². The lowest BCUT2D eigenvalue weighted by Crippen LogP contribution is -2.34. The molecular weight excluding hydrogens is 238 g/mol. The van der Waals surface area contributed by atoms with Crippen molar-refractivity contribution >= 4 is 11.7 Å². The number of hydrogen-bond acceptors (Lipinski definition) is 7. The van der Waals surface area contributed by atoms with E-state index in [0.29, 0.717) is 11.4 Å². The molecule has 1 atom stereocenters. The van der Waals surface area contributed by atoms with Crippen LogP contribution in [0.25, 0.3) is 0 Å². The van der Waals surface area contributed by atoms with Crippen LogP contribution in [0.15, 0.2) is 17.4 Å². The van der Waals surface area contributed by atoms with Crippen LogP contribution in [0.3, 0.4) is 0 Å². The van der Waals surface area contributed by atoms with Gasteiger partial charge in [-0.25, -0.2) is 0 Å². The van der Waals surface area contributed by atoms with E-state index >= 15 is 0 Å². The molecule has 8 nitrogen and oxygen atoms in total. The van der Waals surface area contributed by atoms with Gasteiger partial charge in [-0.3, -0.25) is 0 Å². The monoisotopic (exact) mass is 255 g/mol. The second kappa shape index (κ2) is 6.72. The first-order valence-electron chi connectivity index (χ1n) is 5.27. The topological polar surface area (TPSA) is 117 Å².